The van der Waals surface area contributed by atoms with Crippen LogP contribution in [0.15, 0.2) is 12.4 Å². The van der Waals surface area contributed by atoms with Gasteiger partial charge in [-0.25, -0.2) is 0 Å². The molecule has 3 nitrogen and oxygen atoms in total. The molecule has 0 aliphatic carbocycles. The first-order chi connectivity index (χ1) is 7.95. The van der Waals surface area contributed by atoms with Crippen molar-refractivity contribution in [3.63, 3.8) is 0 Å². The number of hydrogen-bond donors (Lipinski definition) is 1. The molecule has 1 unspecified atom stereocenters. The van der Waals surface area contributed by atoms with Gasteiger partial charge in [0.15, 0.2) is 0 Å². The van der Waals surface area contributed by atoms with Crippen molar-refractivity contribution >= 4 is 0 Å². The normalized spacial score (nSPS) is 13.9. The van der Waals surface area contributed by atoms with E-state index in [9.17, 15) is 13.2 Å². The molecule has 0 bridgehead atoms. The van der Waals surface area contributed by atoms with E-state index in [0.717, 1.165) is 31.8 Å². The van der Waals surface area contributed by atoms with Crippen LogP contribution in [0.2, 0.25) is 0 Å². The van der Waals surface area contributed by atoms with E-state index in [-0.39, 0.29) is 6.04 Å². The lowest BCUT2D eigenvalue weighted by molar-refractivity contribution is -0.137. The number of hydrogen-bond acceptors (Lipinski definition) is 2. The average molecular weight is 249 g/mol. The fourth-order valence-electron chi connectivity index (χ4n) is 1.43. The second-order valence-electron chi connectivity index (χ2n) is 4.11. The van der Waals surface area contributed by atoms with Crippen LogP contribution in [-0.4, -0.2) is 22.9 Å². The molecule has 0 aliphatic heterocycles. The zero-order chi connectivity index (χ0) is 12.9. The lowest BCUT2D eigenvalue weighted by Gasteiger charge is -2.13. The van der Waals surface area contributed by atoms with E-state index in [4.69, 9.17) is 0 Å². The molecule has 1 atom stereocenters. The average Bonchev–Trinajstić information content (AvgIpc) is 2.72. The summed E-state index contributed by atoms with van der Waals surface area (Å²) in [6, 6.07) is -0.0806. The van der Waals surface area contributed by atoms with E-state index in [1.165, 1.54) is 4.68 Å². The van der Waals surface area contributed by atoms with Crippen molar-refractivity contribution in [3.8, 4) is 0 Å². The van der Waals surface area contributed by atoms with Gasteiger partial charge in [0.2, 0.25) is 0 Å². The predicted molar refractivity (Wildman–Crippen MR) is 59.7 cm³/mol. The molecule has 0 saturated heterocycles. The summed E-state index contributed by atoms with van der Waals surface area (Å²) in [6.07, 6.45) is -0.233. The monoisotopic (exact) mass is 249 g/mol. The van der Waals surface area contributed by atoms with Crippen molar-refractivity contribution in [1.29, 1.82) is 0 Å². The van der Waals surface area contributed by atoms with Crippen molar-refractivity contribution in [2.24, 2.45) is 0 Å². The summed E-state index contributed by atoms with van der Waals surface area (Å²) in [6.45, 7) is 5.44. The Morgan fingerprint density at radius 1 is 1.47 bits per heavy atom. The molecule has 0 aliphatic rings. The van der Waals surface area contributed by atoms with E-state index in [0.29, 0.717) is 6.54 Å². The third-order valence-corrected chi connectivity index (χ3v) is 2.53. The molecule has 17 heavy (non-hydrogen) atoms. The molecule has 1 heterocycles. The van der Waals surface area contributed by atoms with Crippen LogP contribution in [0.4, 0.5) is 13.2 Å². The summed E-state index contributed by atoms with van der Waals surface area (Å²) in [5, 5.41) is 6.93. The highest BCUT2D eigenvalue weighted by molar-refractivity contribution is 5.08. The Hall–Kier alpha value is -1.04. The molecule has 6 heteroatoms. The van der Waals surface area contributed by atoms with E-state index in [1.807, 2.05) is 6.92 Å². The van der Waals surface area contributed by atoms with Crippen molar-refractivity contribution in [3.05, 3.63) is 18.0 Å². The summed E-state index contributed by atoms with van der Waals surface area (Å²) in [4.78, 5) is 0. The Balaban J connectivity index is 2.47. The summed E-state index contributed by atoms with van der Waals surface area (Å²) in [5.41, 5.74) is -0.696. The lowest BCUT2D eigenvalue weighted by atomic mass is 10.3. The third kappa shape index (κ3) is 4.38. The standard InChI is InChI=1S/C11H18F3N3/c1-3-4-5-15-6-9(2)17-8-10(7-16-17)11(12,13)14/h7-9,15H,3-6H2,1-2H3. The van der Waals surface area contributed by atoms with Gasteiger partial charge in [0, 0.05) is 12.7 Å². The van der Waals surface area contributed by atoms with E-state index in [2.05, 4.69) is 17.3 Å². The maximum atomic E-state index is 12.3. The van der Waals surface area contributed by atoms with Crippen LogP contribution in [0, 0.1) is 0 Å². The van der Waals surface area contributed by atoms with Gasteiger partial charge in [-0.15, -0.1) is 0 Å². The van der Waals surface area contributed by atoms with Crippen molar-refractivity contribution in [2.75, 3.05) is 13.1 Å². The van der Waals surface area contributed by atoms with Crippen LogP contribution in [0.1, 0.15) is 38.3 Å². The van der Waals surface area contributed by atoms with Crippen LogP contribution in [0.3, 0.4) is 0 Å². The first kappa shape index (κ1) is 14.0. The van der Waals surface area contributed by atoms with Gasteiger partial charge in [0.1, 0.15) is 0 Å². The number of unbranched alkanes of at least 4 members (excludes halogenated alkanes) is 1. The van der Waals surface area contributed by atoms with Gasteiger partial charge >= 0.3 is 6.18 Å². The van der Waals surface area contributed by atoms with Gasteiger partial charge in [-0.05, 0) is 19.9 Å². The fourth-order valence-corrected chi connectivity index (χ4v) is 1.43. The topological polar surface area (TPSA) is 29.9 Å². The molecule has 0 aromatic carbocycles. The summed E-state index contributed by atoms with van der Waals surface area (Å²) in [5.74, 6) is 0. The van der Waals surface area contributed by atoms with Crippen molar-refractivity contribution in [1.82, 2.24) is 15.1 Å². The van der Waals surface area contributed by atoms with E-state index in [1.54, 1.807) is 0 Å². The summed E-state index contributed by atoms with van der Waals surface area (Å²) in [7, 11) is 0. The maximum Gasteiger partial charge on any atom is 0.419 e. The van der Waals surface area contributed by atoms with Gasteiger partial charge in [-0.2, -0.15) is 18.3 Å². The fraction of sp³-hybridized carbons (Fsp3) is 0.727. The highest BCUT2D eigenvalue weighted by atomic mass is 19.4. The molecule has 0 spiro atoms. The highest BCUT2D eigenvalue weighted by Crippen LogP contribution is 2.28. The lowest BCUT2D eigenvalue weighted by Crippen LogP contribution is -2.24. The Kier molecular flexibility index (Phi) is 4.99. The minimum Gasteiger partial charge on any atom is -0.315 e. The number of rotatable bonds is 6. The van der Waals surface area contributed by atoms with Gasteiger partial charge in [-0.3, -0.25) is 4.68 Å². The first-order valence-electron chi connectivity index (χ1n) is 5.77. The molecule has 1 aromatic rings. The van der Waals surface area contributed by atoms with Crippen molar-refractivity contribution < 1.29 is 13.2 Å². The Morgan fingerprint density at radius 3 is 2.71 bits per heavy atom. The van der Waals surface area contributed by atoms with Crippen molar-refractivity contribution in [2.45, 2.75) is 38.9 Å². The third-order valence-electron chi connectivity index (χ3n) is 2.53. The number of aromatic nitrogens is 2. The second-order valence-corrected chi connectivity index (χ2v) is 4.11. The first-order valence-corrected chi connectivity index (χ1v) is 5.77. The largest absolute Gasteiger partial charge is 0.419 e. The molecule has 98 valence electrons. The SMILES string of the molecule is CCCCNCC(C)n1cc(C(F)(F)F)cn1. The molecular formula is C11H18F3N3. The number of nitrogens with one attached hydrogen (secondary N) is 1. The zero-order valence-corrected chi connectivity index (χ0v) is 10.1. The van der Waals surface area contributed by atoms with Crippen LogP contribution >= 0.6 is 0 Å². The molecular weight excluding hydrogens is 231 g/mol. The van der Waals surface area contributed by atoms with Gasteiger partial charge in [0.25, 0.3) is 0 Å². The molecule has 0 saturated carbocycles. The van der Waals surface area contributed by atoms with Gasteiger partial charge in [-0.1, -0.05) is 13.3 Å². The molecule has 1 aromatic heterocycles. The molecule has 1 N–H and O–H groups in total. The Morgan fingerprint density at radius 2 is 2.18 bits per heavy atom. The van der Waals surface area contributed by atoms with E-state index < -0.39 is 11.7 Å². The van der Waals surface area contributed by atoms with Gasteiger partial charge in [0.05, 0.1) is 17.8 Å². The van der Waals surface area contributed by atoms with Crippen LogP contribution in [0.25, 0.3) is 0 Å². The Labute approximate surface area is 99.0 Å². The minimum atomic E-state index is -4.31. The van der Waals surface area contributed by atoms with E-state index >= 15 is 0 Å². The maximum absolute atomic E-state index is 12.3. The van der Waals surface area contributed by atoms with Crippen LogP contribution < -0.4 is 5.32 Å². The second kappa shape index (κ2) is 6.05. The molecule has 0 amide bonds. The molecule has 1 rings (SSSR count). The molecule has 0 fully saturated rings. The summed E-state index contributed by atoms with van der Waals surface area (Å²) >= 11 is 0. The quantitative estimate of drug-likeness (QED) is 0.786. The molecule has 0 radical (unpaired) electrons. The summed E-state index contributed by atoms with van der Waals surface area (Å²) < 4.78 is 38.4. The number of alkyl halides is 3. The van der Waals surface area contributed by atoms with Crippen LogP contribution in [0.5, 0.6) is 0 Å². The Bertz CT molecular complexity index is 333. The van der Waals surface area contributed by atoms with Crippen LogP contribution in [-0.2, 0) is 6.18 Å². The number of nitrogens with zero attached hydrogens (tertiary/aromatic N) is 2. The zero-order valence-electron chi connectivity index (χ0n) is 10.1. The minimum absolute atomic E-state index is 0.0806. The predicted octanol–water partition coefficient (Wildman–Crippen LogP) is 2.85. The number of halogens is 3. The van der Waals surface area contributed by atoms with Gasteiger partial charge < -0.3 is 5.32 Å². The smallest absolute Gasteiger partial charge is 0.315 e. The highest BCUT2D eigenvalue weighted by Gasteiger charge is 2.32.